The van der Waals surface area contributed by atoms with Gasteiger partial charge in [-0.15, -0.1) is 3.94 Å². The first-order valence-electron chi connectivity index (χ1n) is 5.07. The average molecular weight is 278 g/mol. The fraction of sp³-hybridized carbons (Fsp3) is 0.455. The number of aryl methyl sites for hydroxylation is 1. The highest BCUT2D eigenvalue weighted by atomic mass is 35.5. The molecule has 0 amide bonds. The van der Waals surface area contributed by atoms with Crippen molar-refractivity contribution in [3.05, 3.63) is 30.1 Å². The van der Waals surface area contributed by atoms with Crippen LogP contribution in [0, 0.1) is 0 Å². The zero-order chi connectivity index (χ0) is 13.1. The Morgan fingerprint density at radius 1 is 1.53 bits per heavy atom. The lowest BCUT2D eigenvalue weighted by Crippen LogP contribution is -2.37. The molecule has 94 valence electrons. The van der Waals surface area contributed by atoms with Crippen molar-refractivity contribution < 1.29 is 14.1 Å². The summed E-state index contributed by atoms with van der Waals surface area (Å²) in [4.78, 5) is 11.7. The predicted octanol–water partition coefficient (Wildman–Crippen LogP) is 2.06. The summed E-state index contributed by atoms with van der Waals surface area (Å²) in [5.41, 5.74) is -0.142. The van der Waals surface area contributed by atoms with Crippen LogP contribution >= 0.6 is 23.6 Å². The van der Waals surface area contributed by atoms with Crippen molar-refractivity contribution in [3.8, 4) is 0 Å². The van der Waals surface area contributed by atoms with Gasteiger partial charge in [0, 0.05) is 6.07 Å². The number of pyridine rings is 1. The molecule has 17 heavy (non-hydrogen) atoms. The Kier molecular flexibility index (Phi) is 4.74. The van der Waals surface area contributed by atoms with Crippen LogP contribution in [-0.4, -0.2) is 22.1 Å². The van der Waals surface area contributed by atoms with Crippen molar-refractivity contribution in [1.82, 2.24) is 3.94 Å². The molecule has 1 rings (SSSR count). The van der Waals surface area contributed by atoms with Crippen molar-refractivity contribution >= 4 is 29.5 Å². The van der Waals surface area contributed by atoms with E-state index in [4.69, 9.17) is 28.3 Å². The van der Waals surface area contributed by atoms with E-state index in [2.05, 4.69) is 0 Å². The highest BCUT2D eigenvalue weighted by Crippen LogP contribution is 2.20. The van der Waals surface area contributed by atoms with Crippen molar-refractivity contribution in [2.45, 2.75) is 19.4 Å². The monoisotopic (exact) mass is 277 g/mol. The fourth-order valence-electron chi connectivity index (χ4n) is 1.08. The largest absolute Gasteiger partial charge is 0.460 e. The van der Waals surface area contributed by atoms with Crippen LogP contribution in [-0.2, 0) is 11.8 Å². The van der Waals surface area contributed by atoms with E-state index in [1.165, 1.54) is 0 Å². The van der Waals surface area contributed by atoms with Gasteiger partial charge in [0.05, 0.1) is 5.54 Å². The van der Waals surface area contributed by atoms with Gasteiger partial charge in [0.1, 0.15) is 19.2 Å². The molecule has 0 radical (unpaired) electrons. The quantitative estimate of drug-likeness (QED) is 0.480. The number of ether oxygens (including phenoxy) is 1. The Hall–Kier alpha value is -0.840. The molecule has 0 bridgehead atoms. The lowest BCUT2D eigenvalue weighted by atomic mass is 10.1. The van der Waals surface area contributed by atoms with Gasteiger partial charge in [0.25, 0.3) is 0 Å². The highest BCUT2D eigenvalue weighted by molar-refractivity contribution is 6.34. The molecule has 0 saturated heterocycles. The Morgan fingerprint density at radius 2 is 2.18 bits per heavy atom. The van der Waals surface area contributed by atoms with E-state index >= 15 is 0 Å². The maximum atomic E-state index is 11.7. The third-order valence-electron chi connectivity index (χ3n) is 2.19. The first-order valence-corrected chi connectivity index (χ1v) is 5.75. The van der Waals surface area contributed by atoms with Crippen LogP contribution in [0.2, 0.25) is 0 Å². The van der Waals surface area contributed by atoms with E-state index in [9.17, 15) is 4.79 Å². The van der Waals surface area contributed by atoms with Gasteiger partial charge in [0.15, 0.2) is 12.4 Å². The summed E-state index contributed by atoms with van der Waals surface area (Å²) in [6, 6.07) is 3.46. The van der Waals surface area contributed by atoms with E-state index < -0.39 is 11.5 Å². The number of hydrogen-bond acceptors (Lipinski definition) is 3. The van der Waals surface area contributed by atoms with Gasteiger partial charge >= 0.3 is 5.97 Å². The molecule has 1 aromatic heterocycles. The van der Waals surface area contributed by atoms with Gasteiger partial charge in [-0.1, -0.05) is 0 Å². The van der Waals surface area contributed by atoms with Gasteiger partial charge in [0.2, 0.25) is 0 Å². The smallest absolute Gasteiger partial charge is 0.344 e. The topological polar surface area (TPSA) is 33.4 Å². The van der Waals surface area contributed by atoms with Gasteiger partial charge < -0.3 is 4.74 Å². The number of aromatic nitrogens is 1. The molecule has 0 aliphatic carbocycles. The summed E-state index contributed by atoms with van der Waals surface area (Å²) in [6.45, 7) is 3.65. The van der Waals surface area contributed by atoms with Crippen LogP contribution in [0.15, 0.2) is 24.5 Å². The van der Waals surface area contributed by atoms with E-state index in [0.29, 0.717) is 5.56 Å². The maximum Gasteiger partial charge on any atom is 0.344 e. The number of nitrogens with zero attached hydrogens (tertiary/aromatic N) is 2. The molecule has 0 N–H and O–H groups in total. The molecule has 0 fully saturated rings. The Morgan fingerprint density at radius 3 is 2.71 bits per heavy atom. The zero-order valence-corrected chi connectivity index (χ0v) is 11.5. The third kappa shape index (κ3) is 4.15. The third-order valence-corrected chi connectivity index (χ3v) is 3.10. The highest BCUT2D eigenvalue weighted by Gasteiger charge is 2.27. The summed E-state index contributed by atoms with van der Waals surface area (Å²) in [5.74, 6) is -0.399. The lowest BCUT2D eigenvalue weighted by molar-refractivity contribution is -0.671. The number of rotatable bonds is 4. The van der Waals surface area contributed by atoms with Crippen LogP contribution in [0.25, 0.3) is 0 Å². The number of esters is 1. The Bertz CT molecular complexity index is 408. The summed E-state index contributed by atoms with van der Waals surface area (Å²) in [5, 5.41) is 0. The van der Waals surface area contributed by atoms with Crippen LogP contribution in [0.3, 0.4) is 0 Å². The Labute approximate surface area is 111 Å². The second kappa shape index (κ2) is 5.67. The molecule has 0 unspecified atom stereocenters. The van der Waals surface area contributed by atoms with Gasteiger partial charge in [-0.2, -0.15) is 0 Å². The molecular formula is C11H15Cl2N2O2+. The van der Waals surface area contributed by atoms with E-state index in [1.54, 1.807) is 36.7 Å². The molecule has 1 aromatic rings. The van der Waals surface area contributed by atoms with E-state index in [1.807, 2.05) is 13.2 Å². The minimum atomic E-state index is -0.629. The molecule has 0 aliphatic heterocycles. The van der Waals surface area contributed by atoms with E-state index in [0.717, 1.165) is 3.94 Å². The van der Waals surface area contributed by atoms with Crippen molar-refractivity contribution in [2.24, 2.45) is 7.05 Å². The molecule has 0 atom stereocenters. The number of carbonyl (C=O) groups excluding carboxylic acids is 1. The molecular weight excluding hydrogens is 263 g/mol. The first-order chi connectivity index (χ1) is 7.83. The number of halogens is 2. The van der Waals surface area contributed by atoms with Crippen LogP contribution in [0.4, 0.5) is 0 Å². The number of carbonyl (C=O) groups is 1. The van der Waals surface area contributed by atoms with Crippen LogP contribution in [0.1, 0.15) is 24.2 Å². The summed E-state index contributed by atoms with van der Waals surface area (Å²) in [6.07, 6.45) is 3.52. The summed E-state index contributed by atoms with van der Waals surface area (Å²) < 4.78 is 7.90. The zero-order valence-electron chi connectivity index (χ0n) is 9.98. The van der Waals surface area contributed by atoms with Crippen molar-refractivity contribution in [2.75, 3.05) is 6.61 Å². The summed E-state index contributed by atoms with van der Waals surface area (Å²) >= 11 is 11.3. The minimum Gasteiger partial charge on any atom is -0.460 e. The molecule has 0 aliphatic rings. The average Bonchev–Trinajstić information content (AvgIpc) is 2.25. The second-order valence-corrected chi connectivity index (χ2v) is 5.23. The molecule has 0 spiro atoms. The molecule has 0 saturated carbocycles. The van der Waals surface area contributed by atoms with E-state index in [-0.39, 0.29) is 6.61 Å². The molecule has 6 heteroatoms. The van der Waals surface area contributed by atoms with Gasteiger partial charge in [-0.3, -0.25) is 0 Å². The number of hydrogen-bond donors (Lipinski definition) is 0. The summed E-state index contributed by atoms with van der Waals surface area (Å²) in [7, 11) is 1.83. The van der Waals surface area contributed by atoms with Gasteiger partial charge in [-0.25, -0.2) is 9.36 Å². The maximum absolute atomic E-state index is 11.7. The van der Waals surface area contributed by atoms with Crippen LogP contribution in [0.5, 0.6) is 0 Å². The molecule has 4 nitrogen and oxygen atoms in total. The van der Waals surface area contributed by atoms with Crippen LogP contribution < -0.4 is 4.57 Å². The minimum absolute atomic E-state index is 0.109. The second-order valence-electron chi connectivity index (χ2n) is 4.38. The lowest BCUT2D eigenvalue weighted by Gasteiger charge is -2.26. The van der Waals surface area contributed by atoms with Crippen molar-refractivity contribution in [1.29, 1.82) is 0 Å². The first kappa shape index (κ1) is 14.2. The molecule has 0 aromatic carbocycles. The van der Waals surface area contributed by atoms with Gasteiger partial charge in [-0.05, 0) is 43.5 Å². The standard InChI is InChI=1S/C11H15Cl2N2O2/c1-11(2,15(12)13)8-17-10(16)9-5-4-6-14(3)7-9/h4-7H,8H2,1-3H3/q+1. The normalized spacial score (nSPS) is 11.6. The SMILES string of the molecule is C[n+]1cccc(C(=O)OCC(C)(C)N(Cl)Cl)c1. The fourth-order valence-corrected chi connectivity index (χ4v) is 1.18. The predicted molar refractivity (Wildman–Crippen MR) is 65.5 cm³/mol. The van der Waals surface area contributed by atoms with Crippen molar-refractivity contribution in [3.63, 3.8) is 0 Å². The molecule has 1 heterocycles. The Balaban J connectivity index is 2.62.